The molecule has 0 radical (unpaired) electrons. The summed E-state index contributed by atoms with van der Waals surface area (Å²) in [6.07, 6.45) is 5.80. The minimum atomic E-state index is -0.619. The standard InChI is InChI=1S/C28H25F2NO3/c1-2-18-34-26-16-8-21(9-17-26)28(31-25-14-12-24(30)13-15-25)22(19-32)4-3-5-27(33)20-6-10-23(29)11-7-20/h2-4,6-17,19,22,28,31H,1,5,18H2/b4-3+/t22?,28-/m1/s1. The van der Waals surface area contributed by atoms with Crippen molar-refractivity contribution in [2.24, 2.45) is 5.92 Å². The Morgan fingerprint density at radius 3 is 2.15 bits per heavy atom. The van der Waals surface area contributed by atoms with E-state index in [9.17, 15) is 18.4 Å². The number of ether oxygens (including phenoxy) is 1. The Balaban J connectivity index is 1.80. The number of halogens is 2. The van der Waals surface area contributed by atoms with Gasteiger partial charge in [-0.3, -0.25) is 4.79 Å². The molecular weight excluding hydrogens is 436 g/mol. The van der Waals surface area contributed by atoms with Crippen LogP contribution >= 0.6 is 0 Å². The smallest absolute Gasteiger partial charge is 0.166 e. The molecule has 4 nitrogen and oxygen atoms in total. The normalized spacial score (nSPS) is 12.6. The summed E-state index contributed by atoms with van der Waals surface area (Å²) in [6, 6.07) is 18.0. The maximum atomic E-state index is 13.4. The van der Waals surface area contributed by atoms with E-state index in [0.717, 1.165) is 11.8 Å². The van der Waals surface area contributed by atoms with Gasteiger partial charge in [-0.05, 0) is 66.2 Å². The molecule has 0 aromatic heterocycles. The number of rotatable bonds is 12. The van der Waals surface area contributed by atoms with Gasteiger partial charge in [-0.15, -0.1) is 0 Å². The summed E-state index contributed by atoms with van der Waals surface area (Å²) in [6.45, 7) is 4.00. The van der Waals surface area contributed by atoms with Crippen LogP contribution in [0.5, 0.6) is 5.75 Å². The van der Waals surface area contributed by atoms with Gasteiger partial charge < -0.3 is 14.8 Å². The van der Waals surface area contributed by atoms with Crippen molar-refractivity contribution in [3.8, 4) is 5.75 Å². The Bertz CT molecular complexity index is 1120. The summed E-state index contributed by atoms with van der Waals surface area (Å²) in [5.74, 6) is -0.924. The molecule has 3 aromatic carbocycles. The van der Waals surface area contributed by atoms with Crippen LogP contribution in [0.15, 0.2) is 97.6 Å². The van der Waals surface area contributed by atoms with E-state index in [1.165, 1.54) is 36.4 Å². The number of Topliss-reactive ketones (excluding diaryl/α,β-unsaturated/α-hetero) is 1. The van der Waals surface area contributed by atoms with E-state index in [0.29, 0.717) is 23.6 Å². The maximum absolute atomic E-state index is 13.4. The van der Waals surface area contributed by atoms with Crippen LogP contribution in [-0.4, -0.2) is 18.7 Å². The first-order chi connectivity index (χ1) is 16.5. The van der Waals surface area contributed by atoms with Crippen molar-refractivity contribution in [1.82, 2.24) is 0 Å². The number of carbonyl (C=O) groups excluding carboxylic acids is 2. The molecule has 0 fully saturated rings. The molecule has 0 saturated heterocycles. The molecule has 0 aliphatic heterocycles. The molecule has 0 aliphatic rings. The van der Waals surface area contributed by atoms with Crippen molar-refractivity contribution < 1.29 is 23.1 Å². The van der Waals surface area contributed by atoms with E-state index in [1.807, 2.05) is 12.1 Å². The van der Waals surface area contributed by atoms with Crippen molar-refractivity contribution in [3.63, 3.8) is 0 Å². The van der Waals surface area contributed by atoms with Crippen molar-refractivity contribution in [3.05, 3.63) is 120 Å². The van der Waals surface area contributed by atoms with Crippen LogP contribution in [0.4, 0.5) is 14.5 Å². The van der Waals surface area contributed by atoms with E-state index in [4.69, 9.17) is 4.74 Å². The molecule has 0 heterocycles. The van der Waals surface area contributed by atoms with Gasteiger partial charge in [-0.25, -0.2) is 8.78 Å². The lowest BCUT2D eigenvalue weighted by Gasteiger charge is -2.24. The molecule has 3 aromatic rings. The minimum absolute atomic E-state index is 0.0631. The lowest BCUT2D eigenvalue weighted by molar-refractivity contribution is -0.110. The molecule has 1 unspecified atom stereocenters. The fourth-order valence-electron chi connectivity index (χ4n) is 3.37. The second kappa shape index (κ2) is 12.3. The first kappa shape index (κ1) is 24.6. The van der Waals surface area contributed by atoms with Crippen molar-refractivity contribution >= 4 is 17.8 Å². The molecular formula is C28H25F2NO3. The van der Waals surface area contributed by atoms with Gasteiger partial charge in [0.1, 0.15) is 30.3 Å². The number of nitrogens with one attached hydrogen (secondary N) is 1. The molecule has 0 spiro atoms. The molecule has 0 bridgehead atoms. The van der Waals surface area contributed by atoms with Crippen molar-refractivity contribution in [2.45, 2.75) is 12.5 Å². The first-order valence-corrected chi connectivity index (χ1v) is 10.8. The van der Waals surface area contributed by atoms with E-state index in [-0.39, 0.29) is 18.0 Å². The van der Waals surface area contributed by atoms with Crippen LogP contribution in [0, 0.1) is 17.6 Å². The number of anilines is 1. The van der Waals surface area contributed by atoms with Crippen LogP contribution < -0.4 is 10.1 Å². The number of allylic oxidation sites excluding steroid dienone is 1. The lowest BCUT2D eigenvalue weighted by atomic mass is 9.92. The molecule has 1 N–H and O–H groups in total. The average Bonchev–Trinajstić information content (AvgIpc) is 2.86. The molecule has 6 heteroatoms. The zero-order valence-corrected chi connectivity index (χ0v) is 18.5. The van der Waals surface area contributed by atoms with Gasteiger partial charge in [0, 0.05) is 17.7 Å². The quantitative estimate of drug-likeness (QED) is 0.195. The first-order valence-electron chi connectivity index (χ1n) is 10.8. The molecule has 3 rings (SSSR count). The highest BCUT2D eigenvalue weighted by Gasteiger charge is 2.21. The van der Waals surface area contributed by atoms with Crippen molar-refractivity contribution in [2.75, 3.05) is 11.9 Å². The Labute approximate surface area is 197 Å². The Morgan fingerprint density at radius 2 is 1.56 bits per heavy atom. The predicted octanol–water partition coefficient (Wildman–Crippen LogP) is 6.33. The zero-order valence-electron chi connectivity index (χ0n) is 18.5. The zero-order chi connectivity index (χ0) is 24.3. The molecule has 0 aliphatic carbocycles. The predicted molar refractivity (Wildman–Crippen MR) is 129 cm³/mol. The van der Waals surface area contributed by atoms with E-state index in [2.05, 4.69) is 11.9 Å². The van der Waals surface area contributed by atoms with Gasteiger partial charge in [0.05, 0.1) is 12.0 Å². The number of benzene rings is 3. The minimum Gasteiger partial charge on any atom is -0.490 e. The second-order valence-electron chi connectivity index (χ2n) is 7.57. The summed E-state index contributed by atoms with van der Waals surface area (Å²) < 4.78 is 32.0. The van der Waals surface area contributed by atoms with E-state index >= 15 is 0 Å². The van der Waals surface area contributed by atoms with Crippen LogP contribution in [0.3, 0.4) is 0 Å². The molecule has 0 amide bonds. The summed E-state index contributed by atoms with van der Waals surface area (Å²) in [5.41, 5.74) is 1.84. The summed E-state index contributed by atoms with van der Waals surface area (Å²) in [5, 5.41) is 3.28. The van der Waals surface area contributed by atoms with Gasteiger partial charge in [-0.1, -0.05) is 36.9 Å². The average molecular weight is 462 g/mol. The van der Waals surface area contributed by atoms with E-state index < -0.39 is 17.8 Å². The molecule has 174 valence electrons. The molecule has 0 saturated carbocycles. The van der Waals surface area contributed by atoms with Gasteiger partial charge in [0.2, 0.25) is 0 Å². The topological polar surface area (TPSA) is 55.4 Å². The van der Waals surface area contributed by atoms with Crippen molar-refractivity contribution in [1.29, 1.82) is 0 Å². The Hall–Kier alpha value is -4.06. The van der Waals surface area contributed by atoms with Crippen LogP contribution in [-0.2, 0) is 4.79 Å². The Morgan fingerprint density at radius 1 is 0.941 bits per heavy atom. The fourth-order valence-corrected chi connectivity index (χ4v) is 3.37. The monoisotopic (exact) mass is 461 g/mol. The van der Waals surface area contributed by atoms with Gasteiger partial charge in [-0.2, -0.15) is 0 Å². The number of hydrogen-bond acceptors (Lipinski definition) is 4. The number of aldehydes is 1. The lowest BCUT2D eigenvalue weighted by Crippen LogP contribution is -2.21. The number of ketones is 1. The highest BCUT2D eigenvalue weighted by molar-refractivity contribution is 5.96. The Kier molecular flexibility index (Phi) is 8.86. The maximum Gasteiger partial charge on any atom is 0.166 e. The SMILES string of the molecule is C=CCOc1ccc([C@@H](Nc2ccc(F)cc2)C(C=O)/C=C/CC(=O)c2ccc(F)cc2)cc1. The third-order valence-electron chi connectivity index (χ3n) is 5.14. The second-order valence-corrected chi connectivity index (χ2v) is 7.57. The fraction of sp³-hybridized carbons (Fsp3) is 0.143. The van der Waals surface area contributed by atoms with Gasteiger partial charge in [0.15, 0.2) is 5.78 Å². The van der Waals surface area contributed by atoms with Gasteiger partial charge >= 0.3 is 0 Å². The van der Waals surface area contributed by atoms with Crippen LogP contribution in [0.1, 0.15) is 28.4 Å². The molecule has 34 heavy (non-hydrogen) atoms. The van der Waals surface area contributed by atoms with E-state index in [1.54, 1.807) is 42.5 Å². The summed E-state index contributed by atoms with van der Waals surface area (Å²) in [7, 11) is 0. The molecule has 2 atom stereocenters. The largest absolute Gasteiger partial charge is 0.490 e. The third kappa shape index (κ3) is 6.97. The summed E-state index contributed by atoms with van der Waals surface area (Å²) >= 11 is 0. The van der Waals surface area contributed by atoms with Gasteiger partial charge in [0.25, 0.3) is 0 Å². The van der Waals surface area contributed by atoms with Crippen LogP contribution in [0.2, 0.25) is 0 Å². The number of hydrogen-bond donors (Lipinski definition) is 1. The number of carbonyl (C=O) groups is 2. The third-order valence-corrected chi connectivity index (χ3v) is 5.14. The summed E-state index contributed by atoms with van der Waals surface area (Å²) in [4.78, 5) is 24.4. The van der Waals surface area contributed by atoms with Crippen LogP contribution in [0.25, 0.3) is 0 Å². The highest BCUT2D eigenvalue weighted by atomic mass is 19.1. The highest BCUT2D eigenvalue weighted by Crippen LogP contribution is 2.29.